The number of halogens is 1. The van der Waals surface area contributed by atoms with E-state index >= 15 is 0 Å². The number of carbonyl (C=O) groups is 1. The topological polar surface area (TPSA) is 74.7 Å². The van der Waals surface area contributed by atoms with Gasteiger partial charge in [-0.1, -0.05) is 12.1 Å². The molecule has 0 saturated carbocycles. The molecule has 0 aromatic heterocycles. The highest BCUT2D eigenvalue weighted by Gasteiger charge is 2.40. The van der Waals surface area contributed by atoms with Crippen LogP contribution in [0.3, 0.4) is 0 Å². The van der Waals surface area contributed by atoms with Crippen molar-refractivity contribution in [2.45, 2.75) is 24.6 Å². The van der Waals surface area contributed by atoms with E-state index in [0.717, 1.165) is 5.56 Å². The standard InChI is InChI=1S/C12H14FNO4S/c1-8(9-2-4-10(15)5-3-9)14-7-11(6-12(14)16)19(13,17)18/h2-5,8,11,15H,6-7H2,1H3. The number of likely N-dealkylation sites (tertiary alicyclic amines) is 1. The Balaban J connectivity index is 2.18. The molecule has 2 rings (SSSR count). The fourth-order valence-electron chi connectivity index (χ4n) is 2.19. The summed E-state index contributed by atoms with van der Waals surface area (Å²) in [6.45, 7) is 1.59. The Bertz CT molecular complexity index is 584. The molecule has 1 aliphatic heterocycles. The summed E-state index contributed by atoms with van der Waals surface area (Å²) in [6, 6.07) is 5.89. The zero-order valence-electron chi connectivity index (χ0n) is 10.3. The van der Waals surface area contributed by atoms with Gasteiger partial charge in [0.1, 0.15) is 11.0 Å². The maximum atomic E-state index is 12.9. The predicted molar refractivity (Wildman–Crippen MR) is 66.7 cm³/mol. The van der Waals surface area contributed by atoms with Crippen LogP contribution < -0.4 is 0 Å². The molecular weight excluding hydrogens is 273 g/mol. The molecule has 1 aromatic rings. The van der Waals surface area contributed by atoms with Gasteiger partial charge in [0.25, 0.3) is 0 Å². The quantitative estimate of drug-likeness (QED) is 0.852. The van der Waals surface area contributed by atoms with Gasteiger partial charge in [-0.15, -0.1) is 3.89 Å². The summed E-state index contributed by atoms with van der Waals surface area (Å²) in [6.07, 6.45) is -0.318. The number of aromatic hydroxyl groups is 1. The fraction of sp³-hybridized carbons (Fsp3) is 0.417. The first kappa shape index (κ1) is 13.8. The van der Waals surface area contributed by atoms with Gasteiger partial charge in [-0.05, 0) is 24.6 Å². The minimum atomic E-state index is -4.69. The number of hydrogen-bond donors (Lipinski definition) is 1. The SMILES string of the molecule is CC(c1ccc(O)cc1)N1CC(S(=O)(=O)F)CC1=O. The second kappa shape index (κ2) is 4.80. The summed E-state index contributed by atoms with van der Waals surface area (Å²) < 4.78 is 34.6. The average molecular weight is 287 g/mol. The zero-order valence-corrected chi connectivity index (χ0v) is 11.1. The Morgan fingerprint density at radius 2 is 1.95 bits per heavy atom. The van der Waals surface area contributed by atoms with Crippen LogP contribution in [-0.4, -0.2) is 36.1 Å². The first-order chi connectivity index (χ1) is 8.79. The number of hydrogen-bond acceptors (Lipinski definition) is 4. The van der Waals surface area contributed by atoms with E-state index in [1.54, 1.807) is 19.1 Å². The average Bonchev–Trinajstić information content (AvgIpc) is 2.71. The van der Waals surface area contributed by atoms with Crippen LogP contribution in [0.5, 0.6) is 5.75 Å². The van der Waals surface area contributed by atoms with Gasteiger partial charge < -0.3 is 10.0 Å². The van der Waals surface area contributed by atoms with Gasteiger partial charge >= 0.3 is 10.2 Å². The summed E-state index contributed by atoms with van der Waals surface area (Å²) in [5.41, 5.74) is 0.753. The van der Waals surface area contributed by atoms with E-state index in [1.165, 1.54) is 17.0 Å². The molecule has 1 N–H and O–H groups in total. The van der Waals surface area contributed by atoms with E-state index < -0.39 is 15.5 Å². The summed E-state index contributed by atoms with van der Waals surface area (Å²) in [5.74, 6) is -0.278. The van der Waals surface area contributed by atoms with Crippen molar-refractivity contribution in [1.29, 1.82) is 0 Å². The van der Waals surface area contributed by atoms with Gasteiger partial charge in [-0.25, -0.2) is 0 Å². The van der Waals surface area contributed by atoms with Crippen LogP contribution in [0, 0.1) is 0 Å². The fourth-order valence-corrected chi connectivity index (χ4v) is 2.87. The van der Waals surface area contributed by atoms with Crippen molar-refractivity contribution in [1.82, 2.24) is 4.90 Å². The molecule has 5 nitrogen and oxygen atoms in total. The number of phenolic OH excluding ortho intramolecular Hbond substituents is 1. The molecular formula is C12H14FNO4S. The second-order valence-corrected chi connectivity index (χ2v) is 6.23. The minimum absolute atomic E-state index is 0.105. The number of benzene rings is 1. The maximum absolute atomic E-state index is 12.9. The Labute approximate surface area is 110 Å². The van der Waals surface area contributed by atoms with Crippen molar-refractivity contribution >= 4 is 16.1 Å². The molecule has 1 saturated heterocycles. The Hall–Kier alpha value is -1.63. The predicted octanol–water partition coefficient (Wildman–Crippen LogP) is 1.35. The van der Waals surface area contributed by atoms with Crippen LogP contribution >= 0.6 is 0 Å². The van der Waals surface area contributed by atoms with Gasteiger partial charge in [0.15, 0.2) is 0 Å². The van der Waals surface area contributed by atoms with E-state index in [4.69, 9.17) is 0 Å². The Kier molecular flexibility index (Phi) is 3.49. The second-order valence-electron chi connectivity index (χ2n) is 4.62. The summed E-state index contributed by atoms with van der Waals surface area (Å²) in [5, 5.41) is 7.92. The molecule has 0 spiro atoms. The molecule has 1 fully saturated rings. The Morgan fingerprint density at radius 1 is 1.37 bits per heavy atom. The first-order valence-corrected chi connectivity index (χ1v) is 7.25. The van der Waals surface area contributed by atoms with E-state index in [0.29, 0.717) is 0 Å². The van der Waals surface area contributed by atoms with Crippen LogP contribution in [0.2, 0.25) is 0 Å². The van der Waals surface area contributed by atoms with Crippen molar-refractivity contribution in [2.75, 3.05) is 6.54 Å². The molecule has 1 amide bonds. The lowest BCUT2D eigenvalue weighted by Crippen LogP contribution is -2.30. The lowest BCUT2D eigenvalue weighted by Gasteiger charge is -2.24. The van der Waals surface area contributed by atoms with Crippen LogP contribution in [0.1, 0.15) is 24.9 Å². The summed E-state index contributed by atoms with van der Waals surface area (Å²) >= 11 is 0. The molecule has 0 bridgehead atoms. The molecule has 7 heteroatoms. The monoisotopic (exact) mass is 287 g/mol. The molecule has 1 aromatic carbocycles. The van der Waals surface area contributed by atoms with Crippen LogP contribution in [0.15, 0.2) is 24.3 Å². The largest absolute Gasteiger partial charge is 0.508 e. The lowest BCUT2D eigenvalue weighted by atomic mass is 10.1. The van der Waals surface area contributed by atoms with Crippen LogP contribution in [0.25, 0.3) is 0 Å². The minimum Gasteiger partial charge on any atom is -0.508 e. The summed E-state index contributed by atoms with van der Waals surface area (Å²) in [4.78, 5) is 13.1. The third-order valence-corrected chi connectivity index (χ3v) is 4.48. The zero-order chi connectivity index (χ0) is 14.2. The lowest BCUT2D eigenvalue weighted by molar-refractivity contribution is -0.129. The van der Waals surface area contributed by atoms with Crippen molar-refractivity contribution in [2.24, 2.45) is 0 Å². The number of phenols is 1. The molecule has 1 heterocycles. The number of nitrogens with zero attached hydrogens (tertiary/aromatic N) is 1. The molecule has 0 radical (unpaired) electrons. The third kappa shape index (κ3) is 2.86. The smallest absolute Gasteiger partial charge is 0.307 e. The molecule has 2 atom stereocenters. The van der Waals surface area contributed by atoms with Gasteiger partial charge in [0, 0.05) is 13.0 Å². The molecule has 1 aliphatic rings. The van der Waals surface area contributed by atoms with Crippen molar-refractivity contribution in [3.05, 3.63) is 29.8 Å². The van der Waals surface area contributed by atoms with E-state index in [-0.39, 0.29) is 30.7 Å². The number of amides is 1. The normalized spacial score (nSPS) is 21.7. The highest BCUT2D eigenvalue weighted by molar-refractivity contribution is 7.87. The molecule has 0 aliphatic carbocycles. The van der Waals surface area contributed by atoms with E-state index in [1.807, 2.05) is 0 Å². The van der Waals surface area contributed by atoms with Gasteiger partial charge in [0.2, 0.25) is 5.91 Å². The van der Waals surface area contributed by atoms with Crippen molar-refractivity contribution in [3.8, 4) is 5.75 Å². The van der Waals surface area contributed by atoms with Gasteiger partial charge in [-0.2, -0.15) is 8.42 Å². The van der Waals surface area contributed by atoms with Crippen molar-refractivity contribution in [3.63, 3.8) is 0 Å². The van der Waals surface area contributed by atoms with Gasteiger partial charge in [-0.3, -0.25) is 4.79 Å². The first-order valence-electron chi connectivity index (χ1n) is 5.81. The molecule has 104 valence electrons. The highest BCUT2D eigenvalue weighted by Crippen LogP contribution is 2.29. The van der Waals surface area contributed by atoms with E-state index in [2.05, 4.69) is 0 Å². The highest BCUT2D eigenvalue weighted by atomic mass is 32.3. The summed E-state index contributed by atoms with van der Waals surface area (Å²) in [7, 11) is -4.69. The van der Waals surface area contributed by atoms with Crippen LogP contribution in [0.4, 0.5) is 3.89 Å². The number of rotatable bonds is 3. The maximum Gasteiger partial charge on any atom is 0.307 e. The molecule has 19 heavy (non-hydrogen) atoms. The third-order valence-electron chi connectivity index (χ3n) is 3.36. The van der Waals surface area contributed by atoms with E-state index in [9.17, 15) is 22.2 Å². The van der Waals surface area contributed by atoms with Crippen molar-refractivity contribution < 1.29 is 22.2 Å². The number of carbonyl (C=O) groups excluding carboxylic acids is 1. The molecule has 2 unspecified atom stereocenters. The Morgan fingerprint density at radius 3 is 2.42 bits per heavy atom. The van der Waals surface area contributed by atoms with Crippen LogP contribution in [-0.2, 0) is 15.0 Å². The van der Waals surface area contributed by atoms with Gasteiger partial charge in [0.05, 0.1) is 6.04 Å².